The molecule has 0 aliphatic carbocycles. The number of ether oxygens (including phenoxy) is 2. The molecule has 144 valence electrons. The van der Waals surface area contributed by atoms with Crippen LogP contribution in [-0.2, 0) is 4.79 Å². The average Bonchev–Trinajstić information content (AvgIpc) is 2.68. The molecule has 0 aliphatic heterocycles. The number of nitrogens with one attached hydrogen (secondary N) is 1. The number of hydrogen-bond donors (Lipinski definition) is 1. The molecule has 0 saturated carbocycles. The van der Waals surface area contributed by atoms with Crippen molar-refractivity contribution >= 4 is 60.0 Å². The van der Waals surface area contributed by atoms with Crippen molar-refractivity contribution in [3.05, 3.63) is 61.7 Å². The van der Waals surface area contributed by atoms with E-state index in [4.69, 9.17) is 9.47 Å². The van der Waals surface area contributed by atoms with Crippen LogP contribution >= 0.6 is 31.9 Å². The zero-order chi connectivity index (χ0) is 20.3. The van der Waals surface area contributed by atoms with Gasteiger partial charge in [-0.3, -0.25) is 19.9 Å². The number of nitrogens with zero attached hydrogens (tertiary/aromatic N) is 2. The minimum absolute atomic E-state index is 0.0530. The van der Waals surface area contributed by atoms with Crippen molar-refractivity contribution in [2.75, 3.05) is 19.0 Å². The van der Waals surface area contributed by atoms with Gasteiger partial charge in [0.15, 0.2) is 12.4 Å². The van der Waals surface area contributed by atoms with Gasteiger partial charge in [-0.2, -0.15) is 0 Å². The van der Waals surface area contributed by atoms with Crippen molar-refractivity contribution in [2.24, 2.45) is 0 Å². The maximum Gasteiger partial charge on any atom is 0.296 e. The Morgan fingerprint density at radius 3 is 2.75 bits per heavy atom. The van der Waals surface area contributed by atoms with E-state index in [1.165, 1.54) is 25.3 Å². The highest BCUT2D eigenvalue weighted by Gasteiger charge is 2.18. The van der Waals surface area contributed by atoms with Crippen molar-refractivity contribution < 1.29 is 19.2 Å². The van der Waals surface area contributed by atoms with Crippen molar-refractivity contribution in [1.29, 1.82) is 0 Å². The van der Waals surface area contributed by atoms with Crippen LogP contribution in [0.4, 0.5) is 11.4 Å². The van der Waals surface area contributed by atoms with Crippen LogP contribution in [0.25, 0.3) is 10.9 Å². The van der Waals surface area contributed by atoms with Gasteiger partial charge in [-0.25, -0.2) is 0 Å². The first-order valence-corrected chi connectivity index (χ1v) is 9.47. The number of carbonyl (C=O) groups is 1. The number of nitro benzene ring substituents is 1. The Morgan fingerprint density at radius 1 is 1.25 bits per heavy atom. The molecule has 0 spiro atoms. The molecule has 28 heavy (non-hydrogen) atoms. The zero-order valence-electron chi connectivity index (χ0n) is 14.4. The number of methoxy groups -OCH3 is 1. The molecule has 10 heteroatoms. The normalized spacial score (nSPS) is 10.5. The number of halogens is 2. The van der Waals surface area contributed by atoms with Crippen molar-refractivity contribution in [3.8, 4) is 11.5 Å². The predicted octanol–water partition coefficient (Wildman–Crippen LogP) is 4.69. The van der Waals surface area contributed by atoms with Crippen LogP contribution in [0, 0.1) is 10.1 Å². The van der Waals surface area contributed by atoms with Crippen LogP contribution in [0.15, 0.2) is 51.5 Å². The second kappa shape index (κ2) is 8.53. The predicted molar refractivity (Wildman–Crippen MR) is 111 cm³/mol. The molecule has 0 atom stereocenters. The summed E-state index contributed by atoms with van der Waals surface area (Å²) >= 11 is 6.86. The molecular formula is C18H13Br2N3O5. The molecule has 1 N–H and O–H groups in total. The first kappa shape index (κ1) is 20.0. The van der Waals surface area contributed by atoms with Gasteiger partial charge in [-0.05, 0) is 40.2 Å². The van der Waals surface area contributed by atoms with Crippen LogP contribution in [0.2, 0.25) is 0 Å². The first-order chi connectivity index (χ1) is 13.4. The molecule has 0 bridgehead atoms. The third-order valence-electron chi connectivity index (χ3n) is 3.77. The monoisotopic (exact) mass is 509 g/mol. The lowest BCUT2D eigenvalue weighted by atomic mass is 10.2. The number of anilines is 1. The van der Waals surface area contributed by atoms with Gasteiger partial charge in [-0.1, -0.05) is 22.0 Å². The van der Waals surface area contributed by atoms with Crippen LogP contribution < -0.4 is 14.8 Å². The fourth-order valence-electron chi connectivity index (χ4n) is 2.50. The molecule has 1 aromatic heterocycles. The minimum atomic E-state index is -0.596. The summed E-state index contributed by atoms with van der Waals surface area (Å²) in [5, 5.41) is 14.5. The van der Waals surface area contributed by atoms with Gasteiger partial charge >= 0.3 is 0 Å². The molecule has 0 fully saturated rings. The summed E-state index contributed by atoms with van der Waals surface area (Å²) in [5.74, 6) is 0.169. The molecule has 0 aliphatic rings. The Bertz CT molecular complexity index is 1070. The fraction of sp³-hybridized carbons (Fsp3) is 0.111. The summed E-state index contributed by atoms with van der Waals surface area (Å²) in [6.45, 7) is -0.352. The topological polar surface area (TPSA) is 104 Å². The van der Waals surface area contributed by atoms with Crippen molar-refractivity contribution in [2.45, 2.75) is 0 Å². The standard InChI is InChI=1S/C18H13Br2N3O5/c1-27-10-4-5-14(15(7-10)23(25)26)22-16(24)9-28-18-13(20)8-12(19)11-3-2-6-21-17(11)18/h2-8H,9H2,1H3,(H,22,24). The Labute approximate surface area is 176 Å². The van der Waals surface area contributed by atoms with Crippen LogP contribution in [0.1, 0.15) is 0 Å². The molecule has 1 amide bonds. The molecule has 1 heterocycles. The Hall–Kier alpha value is -2.72. The van der Waals surface area contributed by atoms with E-state index in [-0.39, 0.29) is 18.0 Å². The van der Waals surface area contributed by atoms with Crippen LogP contribution in [-0.4, -0.2) is 29.5 Å². The highest BCUT2D eigenvalue weighted by atomic mass is 79.9. The Kier molecular flexibility index (Phi) is 6.10. The largest absolute Gasteiger partial charge is 0.496 e. The van der Waals surface area contributed by atoms with E-state index in [0.717, 1.165) is 9.86 Å². The summed E-state index contributed by atoms with van der Waals surface area (Å²) in [5.41, 5.74) is 0.355. The highest BCUT2D eigenvalue weighted by Crippen LogP contribution is 2.37. The SMILES string of the molecule is COc1ccc(NC(=O)COc2c(Br)cc(Br)c3cccnc23)c([N+](=O)[O-])c1. The zero-order valence-corrected chi connectivity index (χ0v) is 17.6. The van der Waals surface area contributed by atoms with Crippen LogP contribution in [0.5, 0.6) is 11.5 Å². The molecule has 3 aromatic rings. The summed E-state index contributed by atoms with van der Waals surface area (Å²) in [6, 6.07) is 9.62. The maximum absolute atomic E-state index is 12.3. The number of amides is 1. The summed E-state index contributed by atoms with van der Waals surface area (Å²) in [7, 11) is 1.40. The Balaban J connectivity index is 1.79. The van der Waals surface area contributed by atoms with E-state index in [0.29, 0.717) is 21.5 Å². The summed E-state index contributed by atoms with van der Waals surface area (Å²) < 4.78 is 12.1. The molecule has 3 rings (SSSR count). The maximum atomic E-state index is 12.3. The smallest absolute Gasteiger partial charge is 0.296 e. The molecule has 2 aromatic carbocycles. The van der Waals surface area contributed by atoms with Gasteiger partial charge in [0.05, 0.1) is 22.6 Å². The summed E-state index contributed by atoms with van der Waals surface area (Å²) in [4.78, 5) is 27.2. The lowest BCUT2D eigenvalue weighted by Crippen LogP contribution is -2.21. The molecule has 0 saturated heterocycles. The number of fused-ring (bicyclic) bond motifs is 1. The minimum Gasteiger partial charge on any atom is -0.496 e. The lowest BCUT2D eigenvalue weighted by Gasteiger charge is -2.12. The van der Waals surface area contributed by atoms with Gasteiger partial charge in [0.1, 0.15) is 17.0 Å². The van der Waals surface area contributed by atoms with Gasteiger partial charge < -0.3 is 14.8 Å². The van der Waals surface area contributed by atoms with E-state index >= 15 is 0 Å². The van der Waals surface area contributed by atoms with Gasteiger partial charge in [0, 0.05) is 16.1 Å². The molecule has 8 nitrogen and oxygen atoms in total. The lowest BCUT2D eigenvalue weighted by molar-refractivity contribution is -0.384. The molecule has 0 radical (unpaired) electrons. The van der Waals surface area contributed by atoms with E-state index in [9.17, 15) is 14.9 Å². The van der Waals surface area contributed by atoms with E-state index < -0.39 is 10.8 Å². The number of hydrogen-bond acceptors (Lipinski definition) is 6. The van der Waals surface area contributed by atoms with Crippen molar-refractivity contribution in [1.82, 2.24) is 4.98 Å². The first-order valence-electron chi connectivity index (χ1n) is 7.88. The number of aromatic nitrogens is 1. The fourth-order valence-corrected chi connectivity index (χ4v) is 3.89. The molecular weight excluding hydrogens is 498 g/mol. The number of nitro groups is 1. The number of rotatable bonds is 6. The average molecular weight is 511 g/mol. The quantitative estimate of drug-likeness (QED) is 0.381. The highest BCUT2D eigenvalue weighted by molar-refractivity contribution is 9.11. The summed E-state index contributed by atoms with van der Waals surface area (Å²) in [6.07, 6.45) is 1.62. The number of carbonyl (C=O) groups excluding carboxylic acids is 1. The Morgan fingerprint density at radius 2 is 2.04 bits per heavy atom. The van der Waals surface area contributed by atoms with E-state index in [2.05, 4.69) is 42.2 Å². The third-order valence-corrected chi connectivity index (χ3v) is 5.02. The second-order valence-corrected chi connectivity index (χ2v) is 7.25. The van der Waals surface area contributed by atoms with Crippen molar-refractivity contribution in [3.63, 3.8) is 0 Å². The van der Waals surface area contributed by atoms with Gasteiger partial charge in [0.25, 0.3) is 11.6 Å². The van der Waals surface area contributed by atoms with E-state index in [1.54, 1.807) is 18.3 Å². The second-order valence-electron chi connectivity index (χ2n) is 5.55. The van der Waals surface area contributed by atoms with E-state index in [1.807, 2.05) is 6.07 Å². The number of pyridine rings is 1. The third kappa shape index (κ3) is 4.23. The van der Waals surface area contributed by atoms with Crippen LogP contribution in [0.3, 0.4) is 0 Å². The number of benzene rings is 2. The van der Waals surface area contributed by atoms with Gasteiger partial charge in [0.2, 0.25) is 0 Å². The van der Waals surface area contributed by atoms with Gasteiger partial charge in [-0.15, -0.1) is 0 Å². The molecule has 0 unspecified atom stereocenters.